The van der Waals surface area contributed by atoms with Crippen molar-refractivity contribution in [2.24, 2.45) is 5.73 Å². The van der Waals surface area contributed by atoms with Gasteiger partial charge in [0.15, 0.2) is 0 Å². The van der Waals surface area contributed by atoms with E-state index in [1.807, 2.05) is 0 Å². The Morgan fingerprint density at radius 1 is 1.47 bits per heavy atom. The van der Waals surface area contributed by atoms with Crippen LogP contribution >= 0.6 is 15.9 Å². The fraction of sp³-hybridized carbons (Fsp3) is 0.400. The molecule has 0 aromatic heterocycles. The Labute approximate surface area is 109 Å². The number of halogens is 1. The Hall–Kier alpha value is -0.470. The number of nitrogens with zero attached hydrogens (tertiary/aromatic N) is 1. The Morgan fingerprint density at radius 2 is 2.24 bits per heavy atom. The third kappa shape index (κ3) is 2.69. The van der Waals surface area contributed by atoms with E-state index in [4.69, 9.17) is 10.5 Å². The average molecular weight is 321 g/mol. The minimum atomic E-state index is -3.54. The number of sulfonamides is 1. The molecule has 94 valence electrons. The number of morpholine rings is 1. The molecule has 1 aliphatic heterocycles. The second kappa shape index (κ2) is 5.03. The monoisotopic (exact) mass is 320 g/mol. The average Bonchev–Trinajstić information content (AvgIpc) is 2.29. The van der Waals surface area contributed by atoms with E-state index < -0.39 is 16.2 Å². The molecule has 1 atom stereocenters. The van der Waals surface area contributed by atoms with Gasteiger partial charge in [-0.15, -0.1) is 0 Å². The zero-order valence-electron chi connectivity index (χ0n) is 9.04. The Kier molecular flexibility index (Phi) is 3.84. The number of hydrogen-bond acceptors (Lipinski definition) is 4. The summed E-state index contributed by atoms with van der Waals surface area (Å²) in [4.78, 5) is 0.240. The van der Waals surface area contributed by atoms with E-state index in [1.54, 1.807) is 24.3 Å². The molecular formula is C10H13BrN2O3S. The third-order valence-corrected chi connectivity index (χ3v) is 4.93. The number of rotatable bonds is 2. The van der Waals surface area contributed by atoms with Crippen LogP contribution in [0.5, 0.6) is 0 Å². The second-order valence-corrected chi connectivity index (χ2v) is 6.52. The van der Waals surface area contributed by atoms with Gasteiger partial charge in [0.25, 0.3) is 0 Å². The second-order valence-electron chi connectivity index (χ2n) is 3.72. The standard InChI is InChI=1S/C10H13BrN2O3S/c11-8-2-1-3-9(6-8)17(14,15)13-4-5-16-7-10(13)12/h1-3,6,10H,4-5,7,12H2. The molecule has 1 unspecified atom stereocenters. The molecule has 1 fully saturated rings. The van der Waals surface area contributed by atoms with E-state index in [2.05, 4.69) is 15.9 Å². The minimum absolute atomic E-state index is 0.229. The molecule has 0 spiro atoms. The SMILES string of the molecule is NC1COCCN1S(=O)(=O)c1cccc(Br)c1. The van der Waals surface area contributed by atoms with Crippen LogP contribution in [0.1, 0.15) is 0 Å². The summed E-state index contributed by atoms with van der Waals surface area (Å²) in [5, 5.41) is 0. The number of hydrogen-bond donors (Lipinski definition) is 1. The molecule has 0 radical (unpaired) electrons. The highest BCUT2D eigenvalue weighted by Gasteiger charge is 2.31. The molecule has 2 N–H and O–H groups in total. The largest absolute Gasteiger partial charge is 0.377 e. The van der Waals surface area contributed by atoms with Gasteiger partial charge in [0.1, 0.15) is 0 Å². The maximum absolute atomic E-state index is 12.3. The van der Waals surface area contributed by atoms with Gasteiger partial charge in [-0.3, -0.25) is 0 Å². The van der Waals surface area contributed by atoms with Crippen LogP contribution in [-0.4, -0.2) is 38.6 Å². The third-order valence-electron chi connectivity index (χ3n) is 2.52. The van der Waals surface area contributed by atoms with Crippen molar-refractivity contribution in [3.8, 4) is 0 Å². The van der Waals surface area contributed by atoms with Gasteiger partial charge in [-0.2, -0.15) is 4.31 Å². The molecule has 1 aromatic rings. The summed E-state index contributed by atoms with van der Waals surface area (Å²) >= 11 is 3.25. The van der Waals surface area contributed by atoms with Gasteiger partial charge >= 0.3 is 0 Å². The number of nitrogens with two attached hydrogens (primary N) is 1. The first-order valence-corrected chi connectivity index (χ1v) is 7.36. The van der Waals surface area contributed by atoms with E-state index in [0.717, 1.165) is 4.47 Å². The van der Waals surface area contributed by atoms with Crippen molar-refractivity contribution >= 4 is 26.0 Å². The van der Waals surface area contributed by atoms with Gasteiger partial charge in [-0.1, -0.05) is 22.0 Å². The van der Waals surface area contributed by atoms with Gasteiger partial charge in [-0.05, 0) is 18.2 Å². The van der Waals surface area contributed by atoms with Gasteiger partial charge in [-0.25, -0.2) is 8.42 Å². The van der Waals surface area contributed by atoms with Crippen LogP contribution in [0, 0.1) is 0 Å². The molecule has 1 heterocycles. The zero-order chi connectivity index (χ0) is 12.5. The normalized spacial score (nSPS) is 22.6. The Morgan fingerprint density at radius 3 is 2.88 bits per heavy atom. The highest BCUT2D eigenvalue weighted by molar-refractivity contribution is 9.10. The van der Waals surface area contributed by atoms with Crippen molar-refractivity contribution < 1.29 is 13.2 Å². The van der Waals surface area contributed by atoms with Crippen molar-refractivity contribution in [1.82, 2.24) is 4.31 Å². The predicted molar refractivity (Wildman–Crippen MR) is 66.8 cm³/mol. The van der Waals surface area contributed by atoms with Gasteiger partial charge in [0, 0.05) is 11.0 Å². The van der Waals surface area contributed by atoms with Crippen LogP contribution in [0.2, 0.25) is 0 Å². The van der Waals surface area contributed by atoms with Gasteiger partial charge in [0.05, 0.1) is 24.3 Å². The molecule has 0 amide bonds. The minimum Gasteiger partial charge on any atom is -0.377 e. The summed E-state index contributed by atoms with van der Waals surface area (Å²) < 4.78 is 31.8. The van der Waals surface area contributed by atoms with Gasteiger partial charge < -0.3 is 10.5 Å². The van der Waals surface area contributed by atoms with Crippen molar-refractivity contribution in [3.05, 3.63) is 28.7 Å². The van der Waals surface area contributed by atoms with Crippen LogP contribution in [0.4, 0.5) is 0 Å². The number of benzene rings is 1. The molecule has 1 saturated heterocycles. The summed E-state index contributed by atoms with van der Waals surface area (Å²) in [6, 6.07) is 6.58. The molecular weight excluding hydrogens is 308 g/mol. The van der Waals surface area contributed by atoms with Crippen molar-refractivity contribution in [3.63, 3.8) is 0 Å². The summed E-state index contributed by atoms with van der Waals surface area (Å²) in [6.45, 7) is 0.893. The summed E-state index contributed by atoms with van der Waals surface area (Å²) in [6.07, 6.45) is -0.618. The highest BCUT2D eigenvalue weighted by atomic mass is 79.9. The first-order chi connectivity index (χ1) is 8.01. The van der Waals surface area contributed by atoms with Crippen molar-refractivity contribution in [2.45, 2.75) is 11.1 Å². The van der Waals surface area contributed by atoms with Crippen molar-refractivity contribution in [2.75, 3.05) is 19.8 Å². The lowest BCUT2D eigenvalue weighted by atomic mass is 10.4. The predicted octanol–water partition coefficient (Wildman–Crippen LogP) is 0.755. The van der Waals surface area contributed by atoms with Crippen molar-refractivity contribution in [1.29, 1.82) is 0 Å². The Balaban J connectivity index is 2.35. The summed E-state index contributed by atoms with van der Waals surface area (Å²) in [5.74, 6) is 0. The molecule has 0 aliphatic carbocycles. The van der Waals surface area contributed by atoms with E-state index in [-0.39, 0.29) is 18.0 Å². The van der Waals surface area contributed by atoms with Crippen LogP contribution in [-0.2, 0) is 14.8 Å². The lowest BCUT2D eigenvalue weighted by Gasteiger charge is -2.31. The van der Waals surface area contributed by atoms with Crippen LogP contribution in [0.25, 0.3) is 0 Å². The van der Waals surface area contributed by atoms with E-state index in [0.29, 0.717) is 6.61 Å². The molecule has 17 heavy (non-hydrogen) atoms. The van der Waals surface area contributed by atoms with E-state index >= 15 is 0 Å². The van der Waals surface area contributed by atoms with E-state index in [9.17, 15) is 8.42 Å². The van der Waals surface area contributed by atoms with Crippen LogP contribution in [0.3, 0.4) is 0 Å². The topological polar surface area (TPSA) is 72.6 Å². The zero-order valence-corrected chi connectivity index (χ0v) is 11.4. The molecule has 0 saturated carbocycles. The fourth-order valence-electron chi connectivity index (χ4n) is 1.67. The quantitative estimate of drug-likeness (QED) is 0.873. The van der Waals surface area contributed by atoms with Gasteiger partial charge in [0.2, 0.25) is 10.0 Å². The maximum Gasteiger partial charge on any atom is 0.244 e. The van der Waals surface area contributed by atoms with Crippen LogP contribution in [0.15, 0.2) is 33.6 Å². The molecule has 2 rings (SSSR count). The summed E-state index contributed by atoms with van der Waals surface area (Å²) in [7, 11) is -3.54. The highest BCUT2D eigenvalue weighted by Crippen LogP contribution is 2.21. The first-order valence-electron chi connectivity index (χ1n) is 5.12. The maximum atomic E-state index is 12.3. The molecule has 5 nitrogen and oxygen atoms in total. The molecule has 1 aromatic carbocycles. The molecule has 0 bridgehead atoms. The molecule has 1 aliphatic rings. The molecule has 7 heteroatoms. The summed E-state index contributed by atoms with van der Waals surface area (Å²) in [5.41, 5.74) is 5.75. The lowest BCUT2D eigenvalue weighted by molar-refractivity contribution is 0.0350. The van der Waals surface area contributed by atoms with Crippen LogP contribution < -0.4 is 5.73 Å². The van der Waals surface area contributed by atoms with E-state index in [1.165, 1.54) is 4.31 Å². The number of ether oxygens (including phenoxy) is 1. The Bertz CT molecular complexity index is 506. The first kappa shape index (κ1) is 13.0. The fourth-order valence-corrected chi connectivity index (χ4v) is 3.75. The smallest absolute Gasteiger partial charge is 0.244 e. The lowest BCUT2D eigenvalue weighted by Crippen LogP contribution is -2.53.